The summed E-state index contributed by atoms with van der Waals surface area (Å²) < 4.78 is 0. The Morgan fingerprint density at radius 2 is 2.12 bits per heavy atom. The topological polar surface area (TPSA) is 66.4 Å². The summed E-state index contributed by atoms with van der Waals surface area (Å²) in [6, 6.07) is 6.47. The van der Waals surface area contributed by atoms with Gasteiger partial charge in [-0.15, -0.1) is 0 Å². The van der Waals surface area contributed by atoms with Crippen molar-refractivity contribution < 1.29 is 14.7 Å². The van der Waals surface area contributed by atoms with Crippen molar-refractivity contribution in [2.45, 2.75) is 24.8 Å². The van der Waals surface area contributed by atoms with Gasteiger partial charge in [0.25, 0.3) is 0 Å². The van der Waals surface area contributed by atoms with Gasteiger partial charge in [0.1, 0.15) is 0 Å². The van der Waals surface area contributed by atoms with Crippen molar-refractivity contribution in [3.63, 3.8) is 0 Å². The Kier molecular flexibility index (Phi) is 2.90. The summed E-state index contributed by atoms with van der Waals surface area (Å²) >= 11 is 0. The maximum Gasteiger partial charge on any atom is 0.330 e. The Labute approximate surface area is 93.3 Å². The molecule has 4 heteroatoms. The SMILES string of the molecule is O=CNC(C(=O)O)c1ccccc1C1CC1. The van der Waals surface area contributed by atoms with Crippen molar-refractivity contribution in [3.05, 3.63) is 35.4 Å². The van der Waals surface area contributed by atoms with E-state index in [0.29, 0.717) is 17.9 Å². The van der Waals surface area contributed by atoms with Gasteiger partial charge in [-0.1, -0.05) is 24.3 Å². The number of carboxylic acids is 1. The van der Waals surface area contributed by atoms with Crippen LogP contribution in [0.2, 0.25) is 0 Å². The molecule has 0 bridgehead atoms. The highest BCUT2D eigenvalue weighted by molar-refractivity contribution is 5.78. The molecule has 2 N–H and O–H groups in total. The molecule has 84 valence electrons. The van der Waals surface area contributed by atoms with Gasteiger partial charge in [0, 0.05) is 0 Å². The van der Waals surface area contributed by atoms with E-state index >= 15 is 0 Å². The van der Waals surface area contributed by atoms with Gasteiger partial charge >= 0.3 is 5.97 Å². The van der Waals surface area contributed by atoms with Crippen LogP contribution in [-0.2, 0) is 9.59 Å². The molecule has 1 aliphatic carbocycles. The standard InChI is InChI=1S/C12H13NO3/c14-7-13-11(12(15)16)10-4-2-1-3-9(10)8-5-6-8/h1-4,7-8,11H,5-6H2,(H,13,14)(H,15,16). The van der Waals surface area contributed by atoms with E-state index in [4.69, 9.17) is 5.11 Å². The molecule has 0 aliphatic heterocycles. The maximum atomic E-state index is 11.1. The second-order valence-electron chi connectivity index (χ2n) is 3.96. The van der Waals surface area contributed by atoms with Crippen LogP contribution in [0, 0.1) is 0 Å². The lowest BCUT2D eigenvalue weighted by Crippen LogP contribution is -2.28. The average Bonchev–Trinajstić information content (AvgIpc) is 3.09. The van der Waals surface area contributed by atoms with Gasteiger partial charge in [-0.2, -0.15) is 0 Å². The second-order valence-corrected chi connectivity index (χ2v) is 3.96. The van der Waals surface area contributed by atoms with E-state index in [1.54, 1.807) is 12.1 Å². The van der Waals surface area contributed by atoms with Crippen LogP contribution >= 0.6 is 0 Å². The molecule has 0 saturated heterocycles. The van der Waals surface area contributed by atoms with Crippen LogP contribution in [0.1, 0.15) is 35.9 Å². The Morgan fingerprint density at radius 1 is 1.44 bits per heavy atom. The predicted octanol–water partition coefficient (Wildman–Crippen LogP) is 1.44. The number of hydrogen-bond donors (Lipinski definition) is 2. The van der Waals surface area contributed by atoms with Gasteiger partial charge in [-0.05, 0) is 29.9 Å². The number of carbonyl (C=O) groups is 2. The fourth-order valence-electron chi connectivity index (χ4n) is 1.90. The van der Waals surface area contributed by atoms with Crippen LogP contribution in [0.25, 0.3) is 0 Å². The number of nitrogens with one attached hydrogen (secondary N) is 1. The van der Waals surface area contributed by atoms with Gasteiger partial charge in [-0.25, -0.2) is 4.79 Å². The summed E-state index contributed by atoms with van der Waals surface area (Å²) in [7, 11) is 0. The molecular formula is C12H13NO3. The Balaban J connectivity index is 2.35. The highest BCUT2D eigenvalue weighted by Crippen LogP contribution is 2.42. The molecule has 1 amide bonds. The smallest absolute Gasteiger partial charge is 0.330 e. The van der Waals surface area contributed by atoms with Gasteiger partial charge in [0.2, 0.25) is 6.41 Å². The maximum absolute atomic E-state index is 11.1. The van der Waals surface area contributed by atoms with E-state index in [2.05, 4.69) is 5.32 Å². The first-order valence-corrected chi connectivity index (χ1v) is 5.25. The van der Waals surface area contributed by atoms with Crippen molar-refractivity contribution in [2.24, 2.45) is 0 Å². The zero-order valence-corrected chi connectivity index (χ0v) is 8.72. The van der Waals surface area contributed by atoms with Crippen molar-refractivity contribution in [1.82, 2.24) is 5.32 Å². The number of carbonyl (C=O) groups excluding carboxylic acids is 1. The number of amides is 1. The largest absolute Gasteiger partial charge is 0.479 e. The van der Waals surface area contributed by atoms with Gasteiger partial charge < -0.3 is 10.4 Å². The van der Waals surface area contributed by atoms with E-state index < -0.39 is 12.0 Å². The summed E-state index contributed by atoms with van der Waals surface area (Å²) in [6.45, 7) is 0. The highest BCUT2D eigenvalue weighted by atomic mass is 16.4. The first-order valence-electron chi connectivity index (χ1n) is 5.25. The molecule has 1 saturated carbocycles. The van der Waals surface area contributed by atoms with E-state index in [0.717, 1.165) is 18.4 Å². The summed E-state index contributed by atoms with van der Waals surface area (Å²) in [4.78, 5) is 21.5. The lowest BCUT2D eigenvalue weighted by molar-refractivity contribution is -0.140. The number of hydrogen-bond acceptors (Lipinski definition) is 2. The molecule has 1 aliphatic rings. The summed E-state index contributed by atoms with van der Waals surface area (Å²) in [5.41, 5.74) is 1.74. The minimum atomic E-state index is -1.03. The average molecular weight is 219 g/mol. The summed E-state index contributed by atoms with van der Waals surface area (Å²) in [5.74, 6) is -0.563. The van der Waals surface area contributed by atoms with Crippen LogP contribution < -0.4 is 5.32 Å². The van der Waals surface area contributed by atoms with Crippen LogP contribution in [-0.4, -0.2) is 17.5 Å². The number of aliphatic carboxylic acids is 1. The fraction of sp³-hybridized carbons (Fsp3) is 0.333. The first kappa shape index (κ1) is 10.7. The zero-order valence-electron chi connectivity index (χ0n) is 8.72. The zero-order chi connectivity index (χ0) is 11.5. The lowest BCUT2D eigenvalue weighted by atomic mass is 9.97. The van der Waals surface area contributed by atoms with Crippen molar-refractivity contribution >= 4 is 12.4 Å². The predicted molar refractivity (Wildman–Crippen MR) is 58.0 cm³/mol. The monoisotopic (exact) mass is 219 g/mol. The van der Waals surface area contributed by atoms with Gasteiger partial charge in [0.05, 0.1) is 0 Å². The highest BCUT2D eigenvalue weighted by Gasteiger charge is 2.30. The molecule has 1 aromatic carbocycles. The van der Waals surface area contributed by atoms with Gasteiger partial charge in [0.15, 0.2) is 6.04 Å². The van der Waals surface area contributed by atoms with Crippen molar-refractivity contribution in [2.75, 3.05) is 0 Å². The van der Waals surface area contributed by atoms with Crippen LogP contribution in [0.5, 0.6) is 0 Å². The Bertz CT molecular complexity index is 412. The van der Waals surface area contributed by atoms with Crippen molar-refractivity contribution in [3.8, 4) is 0 Å². The van der Waals surface area contributed by atoms with Crippen molar-refractivity contribution in [1.29, 1.82) is 0 Å². The molecule has 0 spiro atoms. The molecule has 2 rings (SSSR count). The van der Waals surface area contributed by atoms with Crippen LogP contribution in [0.15, 0.2) is 24.3 Å². The van der Waals surface area contributed by atoms with E-state index in [1.807, 2.05) is 12.1 Å². The quantitative estimate of drug-likeness (QED) is 0.736. The summed E-state index contributed by atoms with van der Waals surface area (Å²) in [5, 5.41) is 11.4. The minimum Gasteiger partial charge on any atom is -0.479 e. The van der Waals surface area contributed by atoms with E-state index in [1.165, 1.54) is 0 Å². The van der Waals surface area contributed by atoms with Crippen LogP contribution in [0.3, 0.4) is 0 Å². The van der Waals surface area contributed by atoms with Gasteiger partial charge in [-0.3, -0.25) is 4.79 Å². The number of benzene rings is 1. The third kappa shape index (κ3) is 2.05. The molecule has 1 unspecified atom stereocenters. The third-order valence-corrected chi connectivity index (χ3v) is 2.81. The molecule has 0 heterocycles. The normalized spacial score (nSPS) is 16.5. The number of rotatable bonds is 5. The van der Waals surface area contributed by atoms with E-state index in [9.17, 15) is 9.59 Å². The summed E-state index contributed by atoms with van der Waals surface area (Å²) in [6.07, 6.45) is 2.64. The van der Waals surface area contributed by atoms with E-state index in [-0.39, 0.29) is 0 Å². The number of carboxylic acid groups (broad SMARTS) is 1. The molecule has 4 nitrogen and oxygen atoms in total. The third-order valence-electron chi connectivity index (χ3n) is 2.81. The molecule has 1 aromatic rings. The molecule has 0 aromatic heterocycles. The van der Waals surface area contributed by atoms with Crippen LogP contribution in [0.4, 0.5) is 0 Å². The Hall–Kier alpha value is -1.84. The second kappa shape index (κ2) is 4.35. The molecule has 1 atom stereocenters. The molecule has 0 radical (unpaired) electrons. The Morgan fingerprint density at radius 3 is 2.69 bits per heavy atom. The molecule has 16 heavy (non-hydrogen) atoms. The molecule has 1 fully saturated rings. The fourth-order valence-corrected chi connectivity index (χ4v) is 1.90. The molecular weight excluding hydrogens is 206 g/mol. The lowest BCUT2D eigenvalue weighted by Gasteiger charge is -2.15. The minimum absolute atomic E-state index is 0.433. The first-order chi connectivity index (χ1) is 7.74.